The molecule has 0 saturated carbocycles. The van der Waals surface area contributed by atoms with Gasteiger partial charge in [-0.1, -0.05) is 13.8 Å². The minimum absolute atomic E-state index is 0.249. The quantitative estimate of drug-likeness (QED) is 0.544. The Balaban J connectivity index is 1.71. The Morgan fingerprint density at radius 1 is 1.16 bits per heavy atom. The second-order valence-corrected chi connectivity index (χ2v) is 9.01. The van der Waals surface area contributed by atoms with E-state index in [9.17, 15) is 22.7 Å². The lowest BCUT2D eigenvalue weighted by molar-refractivity contribution is -0.266. The van der Waals surface area contributed by atoms with Crippen molar-refractivity contribution in [2.75, 3.05) is 6.61 Å². The number of aromatic nitrogens is 2. The zero-order valence-electron chi connectivity index (χ0n) is 17.5. The molecule has 0 bridgehead atoms. The second kappa shape index (κ2) is 7.22. The lowest BCUT2D eigenvalue weighted by atomic mass is 9.72. The standard InChI is InChI=1S/C23H24F4N2O2/c1-13-6-19-15(11-28-13)8-17(29-19)10-22(30,23(25,26)27)12-21(2,3)18-9-16(24)7-14-4-5-31-20(14)18/h6-9,11,29-30H,4-5,10,12H2,1-3H3. The Morgan fingerprint density at radius 3 is 2.61 bits per heavy atom. The molecule has 2 aromatic heterocycles. The van der Waals surface area contributed by atoms with Crippen LogP contribution in [0, 0.1) is 12.7 Å². The Morgan fingerprint density at radius 2 is 1.90 bits per heavy atom. The van der Waals surface area contributed by atoms with Gasteiger partial charge in [0.25, 0.3) is 0 Å². The summed E-state index contributed by atoms with van der Waals surface area (Å²) < 4.78 is 62.1. The zero-order valence-corrected chi connectivity index (χ0v) is 17.5. The number of rotatable bonds is 5. The summed E-state index contributed by atoms with van der Waals surface area (Å²) in [5.74, 6) is -0.107. The van der Waals surface area contributed by atoms with Gasteiger partial charge in [0.15, 0.2) is 5.60 Å². The first kappa shape index (κ1) is 21.6. The molecule has 3 heterocycles. The number of hydrogen-bond acceptors (Lipinski definition) is 3. The van der Waals surface area contributed by atoms with Gasteiger partial charge in [-0.05, 0) is 43.0 Å². The Bertz CT molecular complexity index is 1140. The molecule has 0 fully saturated rings. The topological polar surface area (TPSA) is 58.1 Å². The number of nitrogens with zero attached hydrogens (tertiary/aromatic N) is 1. The first-order valence-corrected chi connectivity index (χ1v) is 10.1. The minimum atomic E-state index is -4.90. The average molecular weight is 436 g/mol. The molecule has 1 aromatic carbocycles. The zero-order chi connectivity index (χ0) is 22.6. The summed E-state index contributed by atoms with van der Waals surface area (Å²) in [4.78, 5) is 7.11. The van der Waals surface area contributed by atoms with Gasteiger partial charge in [-0.15, -0.1) is 0 Å². The van der Waals surface area contributed by atoms with E-state index in [1.807, 2.05) is 0 Å². The highest BCUT2D eigenvalue weighted by molar-refractivity contribution is 5.79. The van der Waals surface area contributed by atoms with Crippen LogP contribution in [0.2, 0.25) is 0 Å². The third-order valence-corrected chi connectivity index (χ3v) is 5.92. The predicted molar refractivity (Wildman–Crippen MR) is 109 cm³/mol. The highest BCUT2D eigenvalue weighted by Crippen LogP contribution is 2.46. The third kappa shape index (κ3) is 4.01. The summed E-state index contributed by atoms with van der Waals surface area (Å²) in [7, 11) is 0. The predicted octanol–water partition coefficient (Wildman–Crippen LogP) is 5.15. The molecule has 4 nitrogen and oxygen atoms in total. The normalized spacial score (nSPS) is 16.3. The summed E-state index contributed by atoms with van der Waals surface area (Å²) in [6, 6.07) is 5.86. The van der Waals surface area contributed by atoms with Crippen LogP contribution in [0.25, 0.3) is 10.9 Å². The van der Waals surface area contributed by atoms with E-state index in [0.29, 0.717) is 40.8 Å². The van der Waals surface area contributed by atoms with E-state index in [2.05, 4.69) is 9.97 Å². The number of hydrogen-bond donors (Lipinski definition) is 2. The maximum Gasteiger partial charge on any atom is 0.417 e. The van der Waals surface area contributed by atoms with Crippen molar-refractivity contribution >= 4 is 10.9 Å². The number of halogens is 4. The lowest BCUT2D eigenvalue weighted by Crippen LogP contribution is -2.51. The van der Waals surface area contributed by atoms with Crippen LogP contribution in [-0.4, -0.2) is 33.5 Å². The molecule has 1 unspecified atom stereocenters. The summed E-state index contributed by atoms with van der Waals surface area (Å²) in [5, 5.41) is 11.6. The van der Waals surface area contributed by atoms with Gasteiger partial charge >= 0.3 is 6.18 Å². The van der Waals surface area contributed by atoms with Gasteiger partial charge in [0, 0.05) is 52.5 Å². The smallest absolute Gasteiger partial charge is 0.417 e. The first-order valence-electron chi connectivity index (χ1n) is 10.1. The van der Waals surface area contributed by atoms with Crippen molar-refractivity contribution in [2.45, 2.75) is 57.2 Å². The van der Waals surface area contributed by atoms with Crippen molar-refractivity contribution in [3.8, 4) is 5.75 Å². The number of alkyl halides is 3. The van der Waals surface area contributed by atoms with Crippen LogP contribution in [0.1, 0.15) is 42.8 Å². The van der Waals surface area contributed by atoms with Crippen LogP contribution in [0.5, 0.6) is 5.75 Å². The molecule has 0 aliphatic carbocycles. The van der Waals surface area contributed by atoms with Crippen LogP contribution in [0.3, 0.4) is 0 Å². The highest BCUT2D eigenvalue weighted by Gasteiger charge is 2.56. The maximum absolute atomic E-state index is 14.2. The summed E-state index contributed by atoms with van der Waals surface area (Å²) in [6.07, 6.45) is -4.13. The molecular weight excluding hydrogens is 412 g/mol. The number of H-pyrrole nitrogens is 1. The SMILES string of the molecule is Cc1cc2[nH]c(CC(O)(CC(C)(C)c3cc(F)cc4c3OCC4)C(F)(F)F)cc2cn1. The van der Waals surface area contributed by atoms with E-state index >= 15 is 0 Å². The van der Waals surface area contributed by atoms with E-state index in [-0.39, 0.29) is 5.69 Å². The van der Waals surface area contributed by atoms with Gasteiger partial charge in [-0.3, -0.25) is 4.98 Å². The van der Waals surface area contributed by atoms with Crippen molar-refractivity contribution in [3.05, 3.63) is 58.8 Å². The molecule has 1 atom stereocenters. The molecular formula is C23H24F4N2O2. The molecule has 3 aromatic rings. The van der Waals surface area contributed by atoms with Gasteiger partial charge in [0.2, 0.25) is 0 Å². The number of aliphatic hydroxyl groups is 1. The molecule has 1 aliphatic rings. The minimum Gasteiger partial charge on any atom is -0.493 e. The van der Waals surface area contributed by atoms with Crippen molar-refractivity contribution in [3.63, 3.8) is 0 Å². The monoisotopic (exact) mass is 436 g/mol. The number of aromatic amines is 1. The van der Waals surface area contributed by atoms with Gasteiger partial charge in [-0.2, -0.15) is 13.2 Å². The van der Waals surface area contributed by atoms with Crippen molar-refractivity contribution in [2.24, 2.45) is 0 Å². The number of ether oxygens (including phenoxy) is 1. The lowest BCUT2D eigenvalue weighted by Gasteiger charge is -2.38. The third-order valence-electron chi connectivity index (χ3n) is 5.92. The molecule has 8 heteroatoms. The molecule has 0 amide bonds. The molecule has 166 valence electrons. The maximum atomic E-state index is 14.2. The number of fused-ring (bicyclic) bond motifs is 2. The fraction of sp³-hybridized carbons (Fsp3) is 0.435. The van der Waals surface area contributed by atoms with Crippen LogP contribution in [0.15, 0.2) is 30.5 Å². The Kier molecular flexibility index (Phi) is 5.04. The summed E-state index contributed by atoms with van der Waals surface area (Å²) in [6.45, 7) is 5.28. The number of pyridine rings is 1. The first-order chi connectivity index (χ1) is 14.4. The molecule has 0 radical (unpaired) electrons. The van der Waals surface area contributed by atoms with E-state index in [0.717, 1.165) is 5.69 Å². The molecule has 0 spiro atoms. The highest BCUT2D eigenvalue weighted by atomic mass is 19.4. The molecule has 1 aliphatic heterocycles. The molecule has 4 rings (SSSR count). The Hall–Kier alpha value is -2.61. The number of benzene rings is 1. The molecule has 2 N–H and O–H groups in total. The van der Waals surface area contributed by atoms with Gasteiger partial charge in [-0.25, -0.2) is 4.39 Å². The van der Waals surface area contributed by atoms with Crippen LogP contribution in [-0.2, 0) is 18.3 Å². The van der Waals surface area contributed by atoms with Crippen LogP contribution in [0.4, 0.5) is 17.6 Å². The summed E-state index contributed by atoms with van der Waals surface area (Å²) in [5.41, 5.74) is -1.63. The van der Waals surface area contributed by atoms with E-state index in [4.69, 9.17) is 4.74 Å². The average Bonchev–Trinajstić information content (AvgIpc) is 3.24. The Labute approximate surface area is 177 Å². The van der Waals surface area contributed by atoms with Gasteiger partial charge < -0.3 is 14.8 Å². The number of nitrogens with one attached hydrogen (secondary N) is 1. The fourth-order valence-electron chi connectivity index (χ4n) is 4.46. The fourth-order valence-corrected chi connectivity index (χ4v) is 4.46. The van der Waals surface area contributed by atoms with Crippen molar-refractivity contribution in [1.29, 1.82) is 0 Å². The molecule has 0 saturated heterocycles. The van der Waals surface area contributed by atoms with E-state index < -0.39 is 35.9 Å². The van der Waals surface area contributed by atoms with E-state index in [1.165, 1.54) is 12.1 Å². The number of aryl methyl sites for hydroxylation is 1. The van der Waals surface area contributed by atoms with Crippen LogP contribution < -0.4 is 4.74 Å². The molecule has 31 heavy (non-hydrogen) atoms. The van der Waals surface area contributed by atoms with Crippen molar-refractivity contribution < 1.29 is 27.4 Å². The second-order valence-electron chi connectivity index (χ2n) is 9.01. The van der Waals surface area contributed by atoms with Crippen LogP contribution >= 0.6 is 0 Å². The largest absolute Gasteiger partial charge is 0.493 e. The summed E-state index contributed by atoms with van der Waals surface area (Å²) >= 11 is 0. The van der Waals surface area contributed by atoms with E-state index in [1.54, 1.807) is 39.1 Å². The van der Waals surface area contributed by atoms with Gasteiger partial charge in [0.1, 0.15) is 11.6 Å². The van der Waals surface area contributed by atoms with Crippen molar-refractivity contribution in [1.82, 2.24) is 9.97 Å². The van der Waals surface area contributed by atoms with Gasteiger partial charge in [0.05, 0.1) is 6.61 Å².